The predicted molar refractivity (Wildman–Crippen MR) is 99.2 cm³/mol. The number of nitrogens with one attached hydrogen (secondary N) is 1. The number of aromatic amines is 1. The van der Waals surface area contributed by atoms with Gasteiger partial charge in [-0.15, -0.1) is 11.3 Å². The monoisotopic (exact) mass is 383 g/mol. The molecule has 25 heavy (non-hydrogen) atoms. The molecule has 2 N–H and O–H groups in total. The van der Waals surface area contributed by atoms with Gasteiger partial charge in [-0.1, -0.05) is 13.8 Å². The summed E-state index contributed by atoms with van der Waals surface area (Å²) in [6.45, 7) is 8.51. The van der Waals surface area contributed by atoms with E-state index in [1.54, 1.807) is 6.07 Å². The standard InChI is InChI=1S/C17H25N3O3S2/c1-11-7-14(19-18-11)15-8-16(12(2)24-15)25(22,23)20-6-5-13(21)9-17(3,4)10-20/h7-8,13,21H,5-6,9-10H2,1-4H3,(H,18,19). The van der Waals surface area contributed by atoms with Gasteiger partial charge in [0.05, 0.1) is 15.9 Å². The molecule has 1 saturated heterocycles. The molecule has 0 spiro atoms. The van der Waals surface area contributed by atoms with Crippen molar-refractivity contribution in [3.63, 3.8) is 0 Å². The Hall–Kier alpha value is -1.22. The van der Waals surface area contributed by atoms with Crippen LogP contribution in [0.5, 0.6) is 0 Å². The summed E-state index contributed by atoms with van der Waals surface area (Å²) >= 11 is 1.44. The molecular weight excluding hydrogens is 358 g/mol. The second-order valence-electron chi connectivity index (χ2n) is 7.62. The molecule has 1 fully saturated rings. The molecule has 3 heterocycles. The van der Waals surface area contributed by atoms with Crippen LogP contribution < -0.4 is 0 Å². The van der Waals surface area contributed by atoms with Crippen LogP contribution in [0.3, 0.4) is 0 Å². The first-order valence-electron chi connectivity index (χ1n) is 8.39. The first-order chi connectivity index (χ1) is 11.6. The fraction of sp³-hybridized carbons (Fsp3) is 0.588. The van der Waals surface area contributed by atoms with Gasteiger partial charge in [-0.05, 0) is 44.2 Å². The fourth-order valence-electron chi connectivity index (χ4n) is 3.39. The molecule has 1 atom stereocenters. The number of nitrogens with zero attached hydrogens (tertiary/aromatic N) is 2. The van der Waals surface area contributed by atoms with Gasteiger partial charge in [0.2, 0.25) is 10.0 Å². The Kier molecular flexibility index (Phi) is 4.83. The fourth-order valence-corrected chi connectivity index (χ4v) is 6.55. The summed E-state index contributed by atoms with van der Waals surface area (Å²) in [6.07, 6.45) is 0.623. The zero-order valence-electron chi connectivity index (χ0n) is 15.0. The number of hydrogen-bond donors (Lipinski definition) is 2. The molecule has 1 unspecified atom stereocenters. The van der Waals surface area contributed by atoms with Crippen molar-refractivity contribution in [2.45, 2.75) is 51.5 Å². The Bertz CT molecular complexity index is 868. The van der Waals surface area contributed by atoms with Crippen molar-refractivity contribution in [1.82, 2.24) is 14.5 Å². The summed E-state index contributed by atoms with van der Waals surface area (Å²) in [5, 5.41) is 17.2. The highest BCUT2D eigenvalue weighted by molar-refractivity contribution is 7.89. The van der Waals surface area contributed by atoms with E-state index in [0.717, 1.165) is 21.1 Å². The second kappa shape index (κ2) is 6.50. The number of aryl methyl sites for hydroxylation is 2. The molecule has 138 valence electrons. The van der Waals surface area contributed by atoms with E-state index in [4.69, 9.17) is 0 Å². The van der Waals surface area contributed by atoms with Gasteiger partial charge < -0.3 is 5.11 Å². The number of thiophene rings is 1. The minimum absolute atomic E-state index is 0.255. The number of sulfonamides is 1. The first-order valence-corrected chi connectivity index (χ1v) is 10.7. The zero-order chi connectivity index (χ0) is 18.4. The average molecular weight is 384 g/mol. The van der Waals surface area contributed by atoms with Crippen molar-refractivity contribution in [3.8, 4) is 10.6 Å². The molecule has 1 aliphatic rings. The maximum absolute atomic E-state index is 13.2. The molecule has 0 aromatic carbocycles. The molecule has 1 aliphatic heterocycles. The molecule has 2 aromatic heterocycles. The van der Waals surface area contributed by atoms with Gasteiger partial charge in [-0.25, -0.2) is 8.42 Å². The summed E-state index contributed by atoms with van der Waals surface area (Å²) in [4.78, 5) is 1.95. The van der Waals surface area contributed by atoms with Gasteiger partial charge >= 0.3 is 0 Å². The largest absolute Gasteiger partial charge is 0.393 e. The van der Waals surface area contributed by atoms with Crippen molar-refractivity contribution < 1.29 is 13.5 Å². The number of aliphatic hydroxyl groups excluding tert-OH is 1. The number of aliphatic hydroxyl groups is 1. The topological polar surface area (TPSA) is 86.3 Å². The van der Waals surface area contributed by atoms with Gasteiger partial charge in [-0.2, -0.15) is 9.40 Å². The number of rotatable bonds is 3. The molecule has 0 amide bonds. The lowest BCUT2D eigenvalue weighted by molar-refractivity contribution is 0.122. The Balaban J connectivity index is 1.96. The highest BCUT2D eigenvalue weighted by atomic mass is 32.2. The maximum Gasteiger partial charge on any atom is 0.244 e. The Morgan fingerprint density at radius 1 is 1.36 bits per heavy atom. The minimum atomic E-state index is -3.60. The molecular formula is C17H25N3O3S2. The first kappa shape index (κ1) is 18.6. The van der Waals surface area contributed by atoms with Crippen molar-refractivity contribution in [1.29, 1.82) is 0 Å². The van der Waals surface area contributed by atoms with Gasteiger partial charge in [0.1, 0.15) is 5.69 Å². The maximum atomic E-state index is 13.2. The molecule has 8 heteroatoms. The van der Waals surface area contributed by atoms with E-state index in [-0.39, 0.29) is 5.41 Å². The van der Waals surface area contributed by atoms with E-state index in [0.29, 0.717) is 30.8 Å². The smallest absolute Gasteiger partial charge is 0.244 e. The van der Waals surface area contributed by atoms with Crippen LogP contribution in [0.25, 0.3) is 10.6 Å². The van der Waals surface area contributed by atoms with Crippen LogP contribution in [0.15, 0.2) is 17.0 Å². The number of aromatic nitrogens is 2. The van der Waals surface area contributed by atoms with E-state index in [9.17, 15) is 13.5 Å². The summed E-state index contributed by atoms with van der Waals surface area (Å²) in [5.41, 5.74) is 1.45. The lowest BCUT2D eigenvalue weighted by Gasteiger charge is -2.29. The van der Waals surface area contributed by atoms with Crippen LogP contribution in [0.1, 0.15) is 37.3 Å². The summed E-state index contributed by atoms with van der Waals surface area (Å²) < 4.78 is 28.0. The van der Waals surface area contributed by atoms with E-state index < -0.39 is 16.1 Å². The zero-order valence-corrected chi connectivity index (χ0v) is 16.7. The Labute approximate surface area is 152 Å². The summed E-state index contributed by atoms with van der Waals surface area (Å²) in [7, 11) is -3.60. The van der Waals surface area contributed by atoms with Crippen molar-refractivity contribution >= 4 is 21.4 Å². The average Bonchev–Trinajstić information content (AvgIpc) is 3.05. The van der Waals surface area contributed by atoms with Crippen LogP contribution in [0, 0.1) is 19.3 Å². The molecule has 2 aromatic rings. The van der Waals surface area contributed by atoms with Crippen LogP contribution in [0.2, 0.25) is 0 Å². The third-order valence-electron chi connectivity index (χ3n) is 4.55. The molecule has 6 nitrogen and oxygen atoms in total. The van der Waals surface area contributed by atoms with Crippen LogP contribution in [-0.4, -0.2) is 47.2 Å². The molecule has 0 aliphatic carbocycles. The van der Waals surface area contributed by atoms with E-state index in [1.807, 2.05) is 33.8 Å². The quantitative estimate of drug-likeness (QED) is 0.853. The SMILES string of the molecule is Cc1cc(-c2cc(S(=O)(=O)N3CCC(O)CC(C)(C)C3)c(C)s2)n[nH]1. The van der Waals surface area contributed by atoms with Crippen molar-refractivity contribution in [2.24, 2.45) is 5.41 Å². The lowest BCUT2D eigenvalue weighted by Crippen LogP contribution is -2.37. The Morgan fingerprint density at radius 3 is 2.72 bits per heavy atom. The second-order valence-corrected chi connectivity index (χ2v) is 10.8. The van der Waals surface area contributed by atoms with Gasteiger partial charge in [0.25, 0.3) is 0 Å². The normalized spacial score (nSPS) is 22.0. The summed E-state index contributed by atoms with van der Waals surface area (Å²) in [6, 6.07) is 3.63. The van der Waals surface area contributed by atoms with Crippen LogP contribution in [0.4, 0.5) is 0 Å². The lowest BCUT2D eigenvalue weighted by atomic mass is 9.87. The van der Waals surface area contributed by atoms with Gasteiger partial charge in [-0.3, -0.25) is 5.10 Å². The number of hydrogen-bond acceptors (Lipinski definition) is 5. The van der Waals surface area contributed by atoms with E-state index >= 15 is 0 Å². The Morgan fingerprint density at radius 2 is 2.08 bits per heavy atom. The predicted octanol–water partition coefficient (Wildman–Crippen LogP) is 2.93. The molecule has 0 bridgehead atoms. The molecule has 0 radical (unpaired) electrons. The van der Waals surface area contributed by atoms with Gasteiger partial charge in [0, 0.05) is 23.7 Å². The highest BCUT2D eigenvalue weighted by Gasteiger charge is 2.36. The van der Waals surface area contributed by atoms with Crippen molar-refractivity contribution in [3.05, 3.63) is 22.7 Å². The van der Waals surface area contributed by atoms with Crippen LogP contribution >= 0.6 is 11.3 Å². The minimum Gasteiger partial charge on any atom is -0.393 e. The molecule has 3 rings (SSSR count). The third-order valence-corrected chi connectivity index (χ3v) is 7.73. The third kappa shape index (κ3) is 3.81. The number of H-pyrrole nitrogens is 1. The van der Waals surface area contributed by atoms with E-state index in [1.165, 1.54) is 15.6 Å². The van der Waals surface area contributed by atoms with Gasteiger partial charge in [0.15, 0.2) is 0 Å². The summed E-state index contributed by atoms with van der Waals surface area (Å²) in [5.74, 6) is 0. The molecule has 0 saturated carbocycles. The van der Waals surface area contributed by atoms with Crippen molar-refractivity contribution in [2.75, 3.05) is 13.1 Å². The van der Waals surface area contributed by atoms with Crippen LogP contribution in [-0.2, 0) is 10.0 Å². The highest BCUT2D eigenvalue weighted by Crippen LogP contribution is 2.37. The van der Waals surface area contributed by atoms with E-state index in [2.05, 4.69) is 10.2 Å².